The third-order valence-corrected chi connectivity index (χ3v) is 4.22. The summed E-state index contributed by atoms with van der Waals surface area (Å²) in [6.07, 6.45) is 3.47. The Balaban J connectivity index is 2.02. The van der Waals surface area contributed by atoms with E-state index >= 15 is 0 Å². The van der Waals surface area contributed by atoms with Crippen molar-refractivity contribution < 1.29 is 0 Å². The summed E-state index contributed by atoms with van der Waals surface area (Å²) in [5, 5.41) is 0. The number of nitrogens with zero attached hydrogens (tertiary/aromatic N) is 2. The monoisotopic (exact) mass is 255 g/mol. The van der Waals surface area contributed by atoms with Gasteiger partial charge in [0.25, 0.3) is 0 Å². The molecule has 3 heteroatoms. The molecule has 1 aromatic carbocycles. The molecular formula is C16H21N3. The van der Waals surface area contributed by atoms with Crippen LogP contribution in [0.15, 0.2) is 30.3 Å². The Morgan fingerprint density at radius 1 is 1.32 bits per heavy atom. The normalized spacial score (nSPS) is 20.0. The molecule has 0 saturated heterocycles. The molecule has 1 aliphatic heterocycles. The molecule has 3 nitrogen and oxygen atoms in total. The maximum absolute atomic E-state index is 6.35. The van der Waals surface area contributed by atoms with E-state index in [1.165, 1.54) is 18.4 Å². The van der Waals surface area contributed by atoms with E-state index in [0.29, 0.717) is 6.04 Å². The van der Waals surface area contributed by atoms with Gasteiger partial charge in [0.05, 0.1) is 5.69 Å². The number of fused-ring (bicyclic) bond motifs is 1. The third kappa shape index (κ3) is 2.03. The summed E-state index contributed by atoms with van der Waals surface area (Å²) >= 11 is 0. The number of anilines is 1. The van der Waals surface area contributed by atoms with Gasteiger partial charge < -0.3 is 10.3 Å². The lowest BCUT2D eigenvalue weighted by Gasteiger charge is -2.22. The smallest absolute Gasteiger partial charge is 0.127 e. The van der Waals surface area contributed by atoms with Crippen molar-refractivity contribution in [2.45, 2.75) is 45.1 Å². The van der Waals surface area contributed by atoms with Gasteiger partial charge in [-0.1, -0.05) is 37.3 Å². The first-order chi connectivity index (χ1) is 9.18. The Bertz CT molecular complexity index is 571. The summed E-state index contributed by atoms with van der Waals surface area (Å²) in [6.45, 7) is 4.42. The number of hydrogen-bond donors (Lipinski definition) is 1. The van der Waals surface area contributed by atoms with Gasteiger partial charge in [0, 0.05) is 18.4 Å². The number of nitrogen functional groups attached to an aromatic ring is 1. The second kappa shape index (κ2) is 4.72. The maximum Gasteiger partial charge on any atom is 0.127 e. The SMILES string of the molecule is CC(c1ccccc1)c1nc2n(c1N)C(C)CCC2. The Labute approximate surface area is 114 Å². The van der Waals surface area contributed by atoms with Crippen LogP contribution in [0.5, 0.6) is 0 Å². The summed E-state index contributed by atoms with van der Waals surface area (Å²) in [5.41, 5.74) is 8.67. The fourth-order valence-corrected chi connectivity index (χ4v) is 3.08. The molecule has 0 radical (unpaired) electrons. The number of hydrogen-bond acceptors (Lipinski definition) is 2. The Morgan fingerprint density at radius 3 is 2.74 bits per heavy atom. The second-order valence-corrected chi connectivity index (χ2v) is 5.54. The molecule has 1 aliphatic rings. The Morgan fingerprint density at radius 2 is 2.05 bits per heavy atom. The van der Waals surface area contributed by atoms with Gasteiger partial charge in [-0.3, -0.25) is 0 Å². The van der Waals surface area contributed by atoms with Crippen LogP contribution in [0, 0.1) is 0 Å². The van der Waals surface area contributed by atoms with E-state index in [1.54, 1.807) is 0 Å². The van der Waals surface area contributed by atoms with Crippen molar-refractivity contribution >= 4 is 5.82 Å². The molecule has 0 amide bonds. The fourth-order valence-electron chi connectivity index (χ4n) is 3.08. The van der Waals surface area contributed by atoms with Crippen molar-refractivity contribution in [2.75, 3.05) is 5.73 Å². The van der Waals surface area contributed by atoms with Crippen LogP contribution in [0.1, 0.15) is 55.7 Å². The van der Waals surface area contributed by atoms with E-state index in [4.69, 9.17) is 10.7 Å². The number of imidazole rings is 1. The topological polar surface area (TPSA) is 43.8 Å². The summed E-state index contributed by atoms with van der Waals surface area (Å²) < 4.78 is 2.23. The van der Waals surface area contributed by atoms with E-state index in [0.717, 1.165) is 23.8 Å². The minimum absolute atomic E-state index is 0.256. The first-order valence-corrected chi connectivity index (χ1v) is 7.10. The van der Waals surface area contributed by atoms with E-state index in [-0.39, 0.29) is 5.92 Å². The lowest BCUT2D eigenvalue weighted by atomic mass is 9.98. The molecule has 2 atom stereocenters. The Kier molecular flexibility index (Phi) is 3.05. The molecule has 0 aliphatic carbocycles. The molecule has 2 unspecified atom stereocenters. The highest BCUT2D eigenvalue weighted by molar-refractivity contribution is 5.45. The van der Waals surface area contributed by atoms with Crippen LogP contribution in [0.2, 0.25) is 0 Å². The molecule has 3 rings (SSSR count). The van der Waals surface area contributed by atoms with Gasteiger partial charge in [-0.25, -0.2) is 4.98 Å². The molecule has 2 N–H and O–H groups in total. The van der Waals surface area contributed by atoms with Crippen LogP contribution in [0.4, 0.5) is 5.82 Å². The first kappa shape index (κ1) is 12.3. The highest BCUT2D eigenvalue weighted by Crippen LogP contribution is 2.34. The van der Waals surface area contributed by atoms with Crippen LogP contribution in [0.25, 0.3) is 0 Å². The molecule has 19 heavy (non-hydrogen) atoms. The number of benzene rings is 1. The number of rotatable bonds is 2. The van der Waals surface area contributed by atoms with Gasteiger partial charge in [0.15, 0.2) is 0 Å². The number of nitrogens with two attached hydrogens (primary N) is 1. The first-order valence-electron chi connectivity index (χ1n) is 7.10. The molecule has 2 aromatic rings. The van der Waals surface area contributed by atoms with Crippen molar-refractivity contribution in [1.29, 1.82) is 0 Å². The van der Waals surface area contributed by atoms with Crippen molar-refractivity contribution in [2.24, 2.45) is 0 Å². The minimum Gasteiger partial charge on any atom is -0.384 e. The zero-order valence-corrected chi connectivity index (χ0v) is 11.6. The third-order valence-electron chi connectivity index (χ3n) is 4.22. The van der Waals surface area contributed by atoms with Crippen LogP contribution >= 0.6 is 0 Å². The zero-order valence-electron chi connectivity index (χ0n) is 11.6. The van der Waals surface area contributed by atoms with Crippen LogP contribution in [-0.2, 0) is 6.42 Å². The second-order valence-electron chi connectivity index (χ2n) is 5.54. The highest BCUT2D eigenvalue weighted by atomic mass is 15.2. The quantitative estimate of drug-likeness (QED) is 0.892. The lowest BCUT2D eigenvalue weighted by molar-refractivity contribution is 0.430. The molecule has 0 fully saturated rings. The molecule has 0 bridgehead atoms. The summed E-state index contributed by atoms with van der Waals surface area (Å²) in [7, 11) is 0. The summed E-state index contributed by atoms with van der Waals surface area (Å²) in [6, 6.07) is 11.0. The van der Waals surface area contributed by atoms with Gasteiger partial charge in [-0.05, 0) is 25.3 Å². The number of aryl methyl sites for hydroxylation is 1. The maximum atomic E-state index is 6.35. The van der Waals surface area contributed by atoms with E-state index in [2.05, 4.69) is 42.7 Å². The average Bonchev–Trinajstić information content (AvgIpc) is 2.78. The molecule has 1 aromatic heterocycles. The van der Waals surface area contributed by atoms with Gasteiger partial charge in [-0.2, -0.15) is 0 Å². The summed E-state index contributed by atoms with van der Waals surface area (Å²) in [4.78, 5) is 4.81. The largest absolute Gasteiger partial charge is 0.384 e. The van der Waals surface area contributed by atoms with Crippen molar-refractivity contribution in [3.05, 3.63) is 47.4 Å². The van der Waals surface area contributed by atoms with Crippen molar-refractivity contribution in [3.8, 4) is 0 Å². The predicted molar refractivity (Wildman–Crippen MR) is 78.2 cm³/mol. The van der Waals surface area contributed by atoms with Gasteiger partial charge in [0.1, 0.15) is 11.6 Å². The highest BCUT2D eigenvalue weighted by Gasteiger charge is 2.25. The van der Waals surface area contributed by atoms with Gasteiger partial charge >= 0.3 is 0 Å². The average molecular weight is 255 g/mol. The fraction of sp³-hybridized carbons (Fsp3) is 0.438. The van der Waals surface area contributed by atoms with E-state index in [1.807, 2.05) is 6.07 Å². The van der Waals surface area contributed by atoms with Gasteiger partial charge in [-0.15, -0.1) is 0 Å². The molecule has 0 saturated carbocycles. The van der Waals surface area contributed by atoms with Gasteiger partial charge in [0.2, 0.25) is 0 Å². The van der Waals surface area contributed by atoms with Crippen LogP contribution < -0.4 is 5.73 Å². The molecular weight excluding hydrogens is 234 g/mol. The molecule has 0 spiro atoms. The lowest BCUT2D eigenvalue weighted by Crippen LogP contribution is -2.17. The predicted octanol–water partition coefficient (Wildman–Crippen LogP) is 3.51. The van der Waals surface area contributed by atoms with Crippen molar-refractivity contribution in [1.82, 2.24) is 9.55 Å². The zero-order chi connectivity index (χ0) is 13.4. The van der Waals surface area contributed by atoms with Crippen molar-refractivity contribution in [3.63, 3.8) is 0 Å². The number of aromatic nitrogens is 2. The molecule has 100 valence electrons. The molecule has 2 heterocycles. The van der Waals surface area contributed by atoms with Crippen LogP contribution in [0.3, 0.4) is 0 Å². The summed E-state index contributed by atoms with van der Waals surface area (Å²) in [5.74, 6) is 2.28. The standard InChI is InChI=1S/C16H21N3/c1-11-7-6-10-14-18-15(16(17)19(11)14)12(2)13-8-4-3-5-9-13/h3-5,8-9,11-12H,6-7,10,17H2,1-2H3. The van der Waals surface area contributed by atoms with E-state index < -0.39 is 0 Å². The van der Waals surface area contributed by atoms with Crippen LogP contribution in [-0.4, -0.2) is 9.55 Å². The Hall–Kier alpha value is -1.77. The van der Waals surface area contributed by atoms with E-state index in [9.17, 15) is 0 Å². The minimum atomic E-state index is 0.256.